The molecule has 0 saturated heterocycles. The van der Waals surface area contributed by atoms with Gasteiger partial charge >= 0.3 is 0 Å². The van der Waals surface area contributed by atoms with Crippen molar-refractivity contribution < 1.29 is 22.0 Å². The minimum Gasteiger partial charge on any atom is -0.377 e. The van der Waals surface area contributed by atoms with Crippen LogP contribution < -0.4 is 11.1 Å². The van der Waals surface area contributed by atoms with E-state index in [1.807, 2.05) is 0 Å². The van der Waals surface area contributed by atoms with Crippen LogP contribution in [0.1, 0.15) is 25.7 Å². The lowest BCUT2D eigenvalue weighted by molar-refractivity contribution is 0.327. The average Bonchev–Trinajstić information content (AvgIpc) is 2.48. The normalized spacial score (nSPS) is 22.9. The molecule has 0 aromatic heterocycles. The number of hydrogen-bond acceptors (Lipinski definition) is 2. The van der Waals surface area contributed by atoms with Gasteiger partial charge in [0.1, 0.15) is 5.69 Å². The van der Waals surface area contributed by atoms with E-state index in [0.717, 1.165) is 19.3 Å². The Morgan fingerprint density at radius 2 is 1.35 bits per heavy atom. The zero-order valence-electron chi connectivity index (χ0n) is 10.7. The van der Waals surface area contributed by atoms with Gasteiger partial charge in [0, 0.05) is 6.04 Å². The number of anilines is 1. The van der Waals surface area contributed by atoms with Crippen LogP contribution in [-0.2, 0) is 0 Å². The average molecular weight is 294 g/mol. The maximum Gasteiger partial charge on any atom is 0.200 e. The van der Waals surface area contributed by atoms with Gasteiger partial charge in [0.2, 0.25) is 5.82 Å². The molecule has 0 aliphatic heterocycles. The highest BCUT2D eigenvalue weighted by molar-refractivity contribution is 5.48. The van der Waals surface area contributed by atoms with Crippen molar-refractivity contribution in [1.29, 1.82) is 0 Å². The van der Waals surface area contributed by atoms with E-state index < -0.39 is 34.8 Å². The summed E-state index contributed by atoms with van der Waals surface area (Å²) >= 11 is 0. The molecule has 1 aliphatic rings. The summed E-state index contributed by atoms with van der Waals surface area (Å²) < 4.78 is 66.3. The van der Waals surface area contributed by atoms with Crippen LogP contribution in [0.2, 0.25) is 0 Å². The quantitative estimate of drug-likeness (QED) is 0.510. The van der Waals surface area contributed by atoms with Crippen LogP contribution in [-0.4, -0.2) is 12.6 Å². The van der Waals surface area contributed by atoms with Gasteiger partial charge in [0.05, 0.1) is 0 Å². The zero-order valence-corrected chi connectivity index (χ0v) is 10.7. The molecule has 2 nitrogen and oxygen atoms in total. The van der Waals surface area contributed by atoms with Gasteiger partial charge in [0.15, 0.2) is 23.3 Å². The van der Waals surface area contributed by atoms with E-state index in [1.165, 1.54) is 0 Å². The summed E-state index contributed by atoms with van der Waals surface area (Å²) in [4.78, 5) is 0. The molecule has 112 valence electrons. The monoisotopic (exact) mass is 294 g/mol. The Labute approximate surface area is 113 Å². The van der Waals surface area contributed by atoms with Crippen LogP contribution in [0.3, 0.4) is 0 Å². The van der Waals surface area contributed by atoms with Crippen LogP contribution in [0.4, 0.5) is 27.6 Å². The molecule has 1 aliphatic carbocycles. The van der Waals surface area contributed by atoms with Gasteiger partial charge in [-0.05, 0) is 25.3 Å². The molecule has 20 heavy (non-hydrogen) atoms. The second kappa shape index (κ2) is 5.95. The minimum absolute atomic E-state index is 0.0428. The summed E-state index contributed by atoms with van der Waals surface area (Å²) in [6.45, 7) is 0.299. The Morgan fingerprint density at radius 3 is 1.90 bits per heavy atom. The van der Waals surface area contributed by atoms with E-state index in [1.54, 1.807) is 0 Å². The molecule has 0 heterocycles. The van der Waals surface area contributed by atoms with E-state index in [9.17, 15) is 22.0 Å². The highest BCUT2D eigenvalue weighted by Gasteiger charge is 2.30. The molecule has 2 atom stereocenters. The predicted molar refractivity (Wildman–Crippen MR) is 64.7 cm³/mol. The van der Waals surface area contributed by atoms with E-state index in [4.69, 9.17) is 5.73 Å². The van der Waals surface area contributed by atoms with Crippen LogP contribution in [0, 0.1) is 35.0 Å². The zero-order chi connectivity index (χ0) is 14.9. The lowest BCUT2D eigenvalue weighted by atomic mass is 9.84. The Balaban J connectivity index is 2.33. The topological polar surface area (TPSA) is 38.0 Å². The smallest absolute Gasteiger partial charge is 0.200 e. The van der Waals surface area contributed by atoms with Gasteiger partial charge in [-0.25, -0.2) is 22.0 Å². The van der Waals surface area contributed by atoms with Crippen molar-refractivity contribution in [2.45, 2.75) is 31.7 Å². The van der Waals surface area contributed by atoms with Gasteiger partial charge in [-0.15, -0.1) is 0 Å². The number of rotatable bonds is 3. The first kappa shape index (κ1) is 15.0. The number of halogens is 5. The number of nitrogens with one attached hydrogen (secondary N) is 1. The molecule has 2 unspecified atom stereocenters. The Morgan fingerprint density at radius 1 is 0.850 bits per heavy atom. The second-order valence-corrected chi connectivity index (χ2v) is 4.98. The van der Waals surface area contributed by atoms with Crippen molar-refractivity contribution in [3.63, 3.8) is 0 Å². The third-order valence-electron chi connectivity index (χ3n) is 3.75. The first-order chi connectivity index (χ1) is 9.47. The molecule has 1 saturated carbocycles. The third-order valence-corrected chi connectivity index (χ3v) is 3.75. The maximum absolute atomic E-state index is 13.6. The maximum atomic E-state index is 13.6. The fraction of sp³-hybridized carbons (Fsp3) is 0.538. The molecule has 1 aromatic carbocycles. The molecule has 2 rings (SSSR count). The second-order valence-electron chi connectivity index (χ2n) is 4.98. The highest BCUT2D eigenvalue weighted by Crippen LogP contribution is 2.31. The molecular weight excluding hydrogens is 279 g/mol. The molecule has 0 spiro atoms. The summed E-state index contributed by atoms with van der Waals surface area (Å²) in [5.41, 5.74) is 4.61. The summed E-state index contributed by atoms with van der Waals surface area (Å²) in [6, 6.07) is -0.387. The fourth-order valence-corrected chi connectivity index (χ4v) is 2.60. The molecule has 7 heteroatoms. The molecule has 1 aromatic rings. The SMILES string of the molecule is NCC1CCCCC1Nc1c(F)c(F)c(F)c(F)c1F. The summed E-state index contributed by atoms with van der Waals surface area (Å²) in [6.07, 6.45) is 3.12. The number of benzene rings is 1. The van der Waals surface area contributed by atoms with E-state index in [2.05, 4.69) is 5.32 Å². The van der Waals surface area contributed by atoms with Crippen molar-refractivity contribution in [2.75, 3.05) is 11.9 Å². The summed E-state index contributed by atoms with van der Waals surface area (Å²) in [7, 11) is 0. The van der Waals surface area contributed by atoms with Crippen molar-refractivity contribution >= 4 is 5.69 Å². The fourth-order valence-electron chi connectivity index (χ4n) is 2.60. The Kier molecular flexibility index (Phi) is 4.47. The number of hydrogen-bond donors (Lipinski definition) is 2. The Bertz CT molecular complexity index is 477. The molecule has 3 N–H and O–H groups in total. The standard InChI is InChI=1S/C13H15F5N2/c14-8-9(15)11(17)13(12(18)10(8)16)20-7-4-2-1-3-6(7)5-19/h6-7,20H,1-5,19H2. The molecule has 0 bridgehead atoms. The van der Waals surface area contributed by atoms with Gasteiger partial charge in [0.25, 0.3) is 0 Å². The number of nitrogens with two attached hydrogens (primary N) is 1. The van der Waals surface area contributed by atoms with Crippen molar-refractivity contribution in [3.8, 4) is 0 Å². The van der Waals surface area contributed by atoms with Crippen LogP contribution in [0.25, 0.3) is 0 Å². The van der Waals surface area contributed by atoms with E-state index in [-0.39, 0.29) is 12.0 Å². The largest absolute Gasteiger partial charge is 0.377 e. The van der Waals surface area contributed by atoms with Crippen molar-refractivity contribution in [3.05, 3.63) is 29.1 Å². The van der Waals surface area contributed by atoms with E-state index >= 15 is 0 Å². The van der Waals surface area contributed by atoms with Crippen molar-refractivity contribution in [2.24, 2.45) is 11.7 Å². The molecular formula is C13H15F5N2. The molecule has 0 amide bonds. The Hall–Kier alpha value is -1.37. The van der Waals surface area contributed by atoms with Crippen LogP contribution in [0.5, 0.6) is 0 Å². The predicted octanol–water partition coefficient (Wildman–Crippen LogP) is 3.31. The first-order valence-corrected chi connectivity index (χ1v) is 6.45. The third kappa shape index (κ3) is 2.59. The summed E-state index contributed by atoms with van der Waals surface area (Å²) in [5.74, 6) is -9.73. The van der Waals surface area contributed by atoms with Gasteiger partial charge < -0.3 is 11.1 Å². The van der Waals surface area contributed by atoms with Gasteiger partial charge in [-0.3, -0.25) is 0 Å². The highest BCUT2D eigenvalue weighted by atomic mass is 19.2. The lowest BCUT2D eigenvalue weighted by Crippen LogP contribution is -2.37. The van der Waals surface area contributed by atoms with Crippen LogP contribution >= 0.6 is 0 Å². The van der Waals surface area contributed by atoms with Gasteiger partial charge in [-0.2, -0.15) is 0 Å². The van der Waals surface area contributed by atoms with Crippen LogP contribution in [0.15, 0.2) is 0 Å². The first-order valence-electron chi connectivity index (χ1n) is 6.45. The minimum atomic E-state index is -2.15. The van der Waals surface area contributed by atoms with E-state index in [0.29, 0.717) is 13.0 Å². The summed E-state index contributed by atoms with van der Waals surface area (Å²) in [5, 5.41) is 2.45. The van der Waals surface area contributed by atoms with Gasteiger partial charge in [-0.1, -0.05) is 12.8 Å². The molecule has 0 radical (unpaired) electrons. The van der Waals surface area contributed by atoms with Crippen molar-refractivity contribution in [1.82, 2.24) is 0 Å². The molecule has 1 fully saturated rings. The lowest BCUT2D eigenvalue weighted by Gasteiger charge is -2.32.